The van der Waals surface area contributed by atoms with Gasteiger partial charge in [0.2, 0.25) is 5.78 Å². The van der Waals surface area contributed by atoms with Crippen LogP contribution in [0.5, 0.6) is 0 Å². The number of carbonyl (C=O) groups is 1. The fourth-order valence-corrected chi connectivity index (χ4v) is 3.44. The van der Waals surface area contributed by atoms with Gasteiger partial charge in [-0.25, -0.2) is 9.97 Å². The van der Waals surface area contributed by atoms with Crippen LogP contribution < -0.4 is 0 Å². The van der Waals surface area contributed by atoms with E-state index in [1.54, 1.807) is 4.57 Å². The topological polar surface area (TPSA) is 47.8 Å². The van der Waals surface area contributed by atoms with Crippen molar-refractivity contribution in [2.75, 3.05) is 0 Å². The normalized spacial score (nSPS) is 10.8. The largest absolute Gasteiger partial charge is 0.318 e. The minimum absolute atomic E-state index is 0.0712. The molecular weight excluding hydrogens is 436 g/mol. The minimum Gasteiger partial charge on any atom is -0.318 e. The molecule has 0 N–H and O–H groups in total. The molecule has 8 heteroatoms. The summed E-state index contributed by atoms with van der Waals surface area (Å²) >= 11 is 22.0. The third kappa shape index (κ3) is 3.49. The highest BCUT2D eigenvalue weighted by Gasteiger charge is 2.22. The van der Waals surface area contributed by atoms with Crippen molar-refractivity contribution in [2.45, 2.75) is 6.54 Å². The lowest BCUT2D eigenvalue weighted by atomic mass is 10.1. The molecule has 122 valence electrons. The second-order valence-electron chi connectivity index (χ2n) is 4.94. The van der Waals surface area contributed by atoms with Gasteiger partial charge in [-0.1, -0.05) is 62.9 Å². The third-order valence-electron chi connectivity index (χ3n) is 3.36. The first kappa shape index (κ1) is 17.4. The van der Waals surface area contributed by atoms with Crippen LogP contribution in [-0.4, -0.2) is 20.3 Å². The summed E-state index contributed by atoms with van der Waals surface area (Å²) in [6.45, 7) is 0.434. The standard InChI is InChI=1S/C16H9BrCl3N3O/c17-10-3-1-2-9(4-10)7-23-13(18)5-11(16(23)20)14(24)12-6-21-8-22-15(12)19/h1-6,8H,7H2. The second-order valence-corrected chi connectivity index (χ2v) is 6.96. The molecule has 0 saturated heterocycles. The Labute approximate surface area is 161 Å². The maximum Gasteiger partial charge on any atom is 0.200 e. The van der Waals surface area contributed by atoms with Crippen molar-refractivity contribution in [3.05, 3.63) is 79.5 Å². The lowest BCUT2D eigenvalue weighted by Gasteiger charge is -2.08. The Bertz CT molecular complexity index is 927. The Morgan fingerprint density at radius 2 is 1.96 bits per heavy atom. The smallest absolute Gasteiger partial charge is 0.200 e. The average molecular weight is 446 g/mol. The van der Waals surface area contributed by atoms with E-state index in [4.69, 9.17) is 34.8 Å². The first-order valence-corrected chi connectivity index (χ1v) is 8.69. The Morgan fingerprint density at radius 3 is 2.67 bits per heavy atom. The molecular formula is C16H9BrCl3N3O. The molecule has 1 aromatic carbocycles. The molecule has 0 spiro atoms. The summed E-state index contributed by atoms with van der Waals surface area (Å²) in [5, 5.41) is 0.670. The van der Waals surface area contributed by atoms with Crippen LogP contribution in [0.4, 0.5) is 0 Å². The molecule has 0 atom stereocenters. The summed E-state index contributed by atoms with van der Waals surface area (Å²) in [6.07, 6.45) is 2.62. The lowest BCUT2D eigenvalue weighted by molar-refractivity contribution is 0.103. The Balaban J connectivity index is 1.98. The quantitative estimate of drug-likeness (QED) is 0.406. The molecule has 4 nitrogen and oxygen atoms in total. The SMILES string of the molecule is O=C(c1cncnc1Cl)c1cc(Cl)n(Cc2cccc(Br)c2)c1Cl. The van der Waals surface area contributed by atoms with Crippen molar-refractivity contribution in [3.63, 3.8) is 0 Å². The monoisotopic (exact) mass is 443 g/mol. The van der Waals surface area contributed by atoms with Gasteiger partial charge < -0.3 is 4.57 Å². The van der Waals surface area contributed by atoms with Gasteiger partial charge in [0.25, 0.3) is 0 Å². The molecule has 0 amide bonds. The predicted molar refractivity (Wildman–Crippen MR) is 98.2 cm³/mol. The highest BCUT2D eigenvalue weighted by atomic mass is 79.9. The molecule has 24 heavy (non-hydrogen) atoms. The van der Waals surface area contributed by atoms with Gasteiger partial charge in [-0.2, -0.15) is 0 Å². The van der Waals surface area contributed by atoms with Gasteiger partial charge >= 0.3 is 0 Å². The van der Waals surface area contributed by atoms with E-state index in [0.717, 1.165) is 10.0 Å². The van der Waals surface area contributed by atoms with E-state index in [1.165, 1.54) is 18.6 Å². The number of halogens is 4. The van der Waals surface area contributed by atoms with E-state index in [9.17, 15) is 4.79 Å². The fourth-order valence-electron chi connectivity index (χ4n) is 2.23. The summed E-state index contributed by atoms with van der Waals surface area (Å²) in [6, 6.07) is 9.26. The van der Waals surface area contributed by atoms with Crippen LogP contribution >= 0.6 is 50.7 Å². The van der Waals surface area contributed by atoms with Crippen molar-refractivity contribution < 1.29 is 4.79 Å². The van der Waals surface area contributed by atoms with E-state index in [0.29, 0.717) is 11.7 Å². The molecule has 2 aromatic heterocycles. The molecule has 0 radical (unpaired) electrons. The van der Waals surface area contributed by atoms with E-state index in [-0.39, 0.29) is 27.2 Å². The van der Waals surface area contributed by atoms with Crippen molar-refractivity contribution in [1.82, 2.24) is 14.5 Å². The van der Waals surface area contributed by atoms with Crippen molar-refractivity contribution in [2.24, 2.45) is 0 Å². The van der Waals surface area contributed by atoms with Gasteiger partial charge in [0.1, 0.15) is 21.8 Å². The first-order valence-electron chi connectivity index (χ1n) is 6.76. The highest BCUT2D eigenvalue weighted by molar-refractivity contribution is 9.10. The number of benzene rings is 1. The molecule has 0 bridgehead atoms. The van der Waals surface area contributed by atoms with Crippen LogP contribution in [0.15, 0.2) is 47.3 Å². The zero-order valence-corrected chi connectivity index (χ0v) is 15.9. The second kappa shape index (κ2) is 7.23. The van der Waals surface area contributed by atoms with Crippen molar-refractivity contribution >= 4 is 56.5 Å². The first-order chi connectivity index (χ1) is 11.5. The van der Waals surface area contributed by atoms with Gasteiger partial charge in [-0.05, 0) is 23.8 Å². The van der Waals surface area contributed by atoms with Crippen molar-refractivity contribution in [1.29, 1.82) is 0 Å². The summed E-state index contributed by atoms with van der Waals surface area (Å²) in [7, 11) is 0. The summed E-state index contributed by atoms with van der Waals surface area (Å²) in [5.41, 5.74) is 1.43. The van der Waals surface area contributed by atoms with E-state index in [1.807, 2.05) is 24.3 Å². The van der Waals surface area contributed by atoms with Gasteiger partial charge in [0.05, 0.1) is 11.1 Å². The minimum atomic E-state index is -0.375. The third-order valence-corrected chi connectivity index (χ3v) is 4.88. The summed E-state index contributed by atoms with van der Waals surface area (Å²) in [5.74, 6) is -0.375. The van der Waals surface area contributed by atoms with Crippen LogP contribution in [-0.2, 0) is 6.54 Å². The summed E-state index contributed by atoms with van der Waals surface area (Å²) in [4.78, 5) is 20.3. The van der Waals surface area contributed by atoms with Crippen LogP contribution in [0.25, 0.3) is 0 Å². The molecule has 0 unspecified atom stereocenters. The van der Waals surface area contributed by atoms with Gasteiger partial charge in [-0.15, -0.1) is 0 Å². The van der Waals surface area contributed by atoms with E-state index in [2.05, 4.69) is 25.9 Å². The van der Waals surface area contributed by atoms with Gasteiger partial charge in [0.15, 0.2) is 0 Å². The number of hydrogen-bond donors (Lipinski definition) is 0. The van der Waals surface area contributed by atoms with Gasteiger partial charge in [-0.3, -0.25) is 4.79 Å². The zero-order chi connectivity index (χ0) is 17.3. The molecule has 0 aliphatic carbocycles. The molecule has 0 saturated carbocycles. The molecule has 3 rings (SSSR count). The van der Waals surface area contributed by atoms with Gasteiger partial charge in [0, 0.05) is 17.2 Å². The maximum atomic E-state index is 12.6. The fraction of sp³-hybridized carbons (Fsp3) is 0.0625. The number of hydrogen-bond acceptors (Lipinski definition) is 3. The maximum absolute atomic E-state index is 12.6. The predicted octanol–water partition coefficient (Wildman–Crippen LogP) is 5.28. The summed E-state index contributed by atoms with van der Waals surface area (Å²) < 4.78 is 2.60. The van der Waals surface area contributed by atoms with Crippen molar-refractivity contribution in [3.8, 4) is 0 Å². The highest BCUT2D eigenvalue weighted by Crippen LogP contribution is 2.29. The van der Waals surface area contributed by atoms with E-state index >= 15 is 0 Å². The number of carbonyl (C=O) groups excluding carboxylic acids is 1. The van der Waals surface area contributed by atoms with E-state index < -0.39 is 0 Å². The number of ketones is 1. The molecule has 0 fully saturated rings. The Morgan fingerprint density at radius 1 is 1.17 bits per heavy atom. The zero-order valence-electron chi connectivity index (χ0n) is 12.0. The molecule has 0 aliphatic rings. The number of nitrogens with zero attached hydrogens (tertiary/aromatic N) is 3. The molecule has 0 aliphatic heterocycles. The lowest BCUT2D eigenvalue weighted by Crippen LogP contribution is -2.05. The molecule has 3 aromatic rings. The van der Waals surface area contributed by atoms with Crippen LogP contribution in [0.2, 0.25) is 15.5 Å². The van der Waals surface area contributed by atoms with Crippen LogP contribution in [0.3, 0.4) is 0 Å². The van der Waals surface area contributed by atoms with Crippen LogP contribution in [0.1, 0.15) is 21.5 Å². The molecule has 2 heterocycles. The van der Waals surface area contributed by atoms with Crippen LogP contribution in [0, 0.1) is 0 Å². The Hall–Kier alpha value is -1.40. The number of rotatable bonds is 4. The number of aromatic nitrogens is 3. The Kier molecular flexibility index (Phi) is 5.25. The average Bonchev–Trinajstić information content (AvgIpc) is 2.83.